The number of aryl methyl sites for hydroxylation is 1. The van der Waals surface area contributed by atoms with E-state index in [1.807, 2.05) is 19.1 Å². The Morgan fingerprint density at radius 2 is 2.06 bits per heavy atom. The van der Waals surface area contributed by atoms with Crippen LogP contribution in [0.5, 0.6) is 0 Å². The highest BCUT2D eigenvalue weighted by Crippen LogP contribution is 2.33. The normalized spacial score (nSPS) is 15.8. The van der Waals surface area contributed by atoms with Gasteiger partial charge in [0, 0.05) is 18.0 Å². The van der Waals surface area contributed by atoms with Gasteiger partial charge in [-0.1, -0.05) is 6.07 Å². The number of carbonyl (C=O) groups excluding carboxylic acids is 1. The number of carbonyl (C=O) groups is 1. The summed E-state index contributed by atoms with van der Waals surface area (Å²) in [5.74, 6) is 0.273. The Bertz CT molecular complexity index is 1530. The number of anilines is 1. The quantitative estimate of drug-likeness (QED) is 0.438. The monoisotopic (exact) mass is 456 g/mol. The second kappa shape index (κ2) is 7.73. The third-order valence-electron chi connectivity index (χ3n) is 5.70. The number of fused-ring (bicyclic) bond motifs is 1. The van der Waals surface area contributed by atoms with Gasteiger partial charge in [0.25, 0.3) is 0 Å². The van der Waals surface area contributed by atoms with Gasteiger partial charge in [-0.2, -0.15) is 10.2 Å². The average molecular weight is 456 g/mol. The van der Waals surface area contributed by atoms with Crippen molar-refractivity contribution in [3.8, 4) is 22.5 Å². The maximum atomic E-state index is 14.8. The molecule has 0 radical (unpaired) electrons. The minimum absolute atomic E-state index is 0.169. The summed E-state index contributed by atoms with van der Waals surface area (Å²) in [6, 6.07) is 9.86. The molecule has 1 aliphatic rings. The number of benzene rings is 1. The first kappa shape index (κ1) is 20.0. The molecule has 10 nitrogen and oxygen atoms in total. The van der Waals surface area contributed by atoms with Crippen LogP contribution in [0.25, 0.3) is 28.2 Å². The van der Waals surface area contributed by atoms with Crippen LogP contribution < -0.4 is 4.90 Å². The Balaban J connectivity index is 1.41. The van der Waals surface area contributed by atoms with E-state index in [0.717, 1.165) is 5.56 Å². The predicted molar refractivity (Wildman–Crippen MR) is 119 cm³/mol. The lowest BCUT2D eigenvalue weighted by Gasteiger charge is -2.20. The molecule has 1 atom stereocenters. The second-order valence-electron chi connectivity index (χ2n) is 7.86. The van der Waals surface area contributed by atoms with E-state index in [1.165, 1.54) is 17.3 Å². The number of nitrogens with zero attached hydrogens (tertiary/aromatic N) is 7. The lowest BCUT2D eigenvalue weighted by molar-refractivity contribution is 0.178. The molecule has 0 spiro atoms. The molecule has 4 aromatic heterocycles. The lowest BCUT2D eigenvalue weighted by Crippen LogP contribution is -2.28. The second-order valence-corrected chi connectivity index (χ2v) is 7.86. The summed E-state index contributed by atoms with van der Waals surface area (Å²) in [6.07, 6.45) is 5.83. The van der Waals surface area contributed by atoms with E-state index in [0.29, 0.717) is 39.7 Å². The van der Waals surface area contributed by atoms with Crippen molar-refractivity contribution in [2.75, 3.05) is 11.5 Å². The van der Waals surface area contributed by atoms with Crippen molar-refractivity contribution in [2.24, 2.45) is 0 Å². The average Bonchev–Trinajstić information content (AvgIpc) is 3.58. The molecule has 34 heavy (non-hydrogen) atoms. The summed E-state index contributed by atoms with van der Waals surface area (Å²) in [4.78, 5) is 27.2. The summed E-state index contributed by atoms with van der Waals surface area (Å²) in [6.45, 7) is 2.13. The first-order valence-corrected chi connectivity index (χ1v) is 10.5. The van der Waals surface area contributed by atoms with Crippen LogP contribution in [-0.2, 0) is 4.74 Å². The zero-order chi connectivity index (χ0) is 23.2. The SMILES string of the molecule is Cc1ccnc(C2COC(=O)N2c2ccn3ncc(-c4ccc(-c5ncn[nH]5)c(F)c4)c3n2)c1. The number of aromatic amines is 1. The van der Waals surface area contributed by atoms with Gasteiger partial charge in [0.2, 0.25) is 0 Å². The lowest BCUT2D eigenvalue weighted by atomic mass is 10.1. The van der Waals surface area contributed by atoms with Crippen molar-refractivity contribution in [3.05, 3.63) is 78.4 Å². The van der Waals surface area contributed by atoms with E-state index in [2.05, 4.69) is 25.3 Å². The molecule has 5 heterocycles. The van der Waals surface area contributed by atoms with Crippen LogP contribution in [0, 0.1) is 12.7 Å². The number of hydrogen-bond donors (Lipinski definition) is 1. The first-order chi connectivity index (χ1) is 16.6. The minimum atomic E-state index is -0.506. The fraction of sp³-hybridized carbons (Fsp3) is 0.130. The maximum absolute atomic E-state index is 14.8. The van der Waals surface area contributed by atoms with Gasteiger partial charge < -0.3 is 4.74 Å². The summed E-state index contributed by atoms with van der Waals surface area (Å²) in [7, 11) is 0. The number of halogens is 1. The minimum Gasteiger partial charge on any atom is -0.446 e. The molecular formula is C23H17FN8O2. The number of ether oxygens (including phenoxy) is 1. The number of amides is 1. The van der Waals surface area contributed by atoms with Crippen LogP contribution in [0.3, 0.4) is 0 Å². The standard InChI is InChI=1S/C23H17FN8O2/c1-13-4-6-25-18(8-13)19-11-34-23(33)32(19)20-5-7-31-22(29-20)16(10-28-31)14-2-3-15(17(24)9-14)21-26-12-27-30-21/h2-10,12,19H,11H2,1H3,(H,26,27,30). The first-order valence-electron chi connectivity index (χ1n) is 10.5. The van der Waals surface area contributed by atoms with Crippen molar-refractivity contribution in [1.29, 1.82) is 0 Å². The molecule has 0 bridgehead atoms. The third kappa shape index (κ3) is 3.25. The Kier molecular flexibility index (Phi) is 4.54. The van der Waals surface area contributed by atoms with Crippen molar-refractivity contribution < 1.29 is 13.9 Å². The van der Waals surface area contributed by atoms with Crippen molar-refractivity contribution in [1.82, 2.24) is 34.8 Å². The highest BCUT2D eigenvalue weighted by atomic mass is 19.1. The van der Waals surface area contributed by atoms with Crippen molar-refractivity contribution >= 4 is 17.6 Å². The number of aromatic nitrogens is 7. The smallest absolute Gasteiger partial charge is 0.416 e. The number of pyridine rings is 1. The Labute approximate surface area is 192 Å². The van der Waals surface area contributed by atoms with Crippen LogP contribution in [0.2, 0.25) is 0 Å². The molecule has 1 aromatic carbocycles. The zero-order valence-electron chi connectivity index (χ0n) is 17.9. The van der Waals surface area contributed by atoms with Gasteiger partial charge in [0.05, 0.1) is 17.5 Å². The molecule has 168 valence electrons. The van der Waals surface area contributed by atoms with Gasteiger partial charge in [-0.05, 0) is 48.4 Å². The molecule has 1 amide bonds. The van der Waals surface area contributed by atoms with Crippen LogP contribution in [0.1, 0.15) is 17.3 Å². The van der Waals surface area contributed by atoms with Gasteiger partial charge >= 0.3 is 6.09 Å². The van der Waals surface area contributed by atoms with Gasteiger partial charge in [-0.3, -0.25) is 10.1 Å². The zero-order valence-corrected chi connectivity index (χ0v) is 17.9. The topological polar surface area (TPSA) is 114 Å². The molecule has 1 aliphatic heterocycles. The number of H-pyrrole nitrogens is 1. The van der Waals surface area contributed by atoms with Crippen LogP contribution >= 0.6 is 0 Å². The fourth-order valence-corrected chi connectivity index (χ4v) is 4.04. The van der Waals surface area contributed by atoms with Gasteiger partial charge in [-0.15, -0.1) is 0 Å². The summed E-state index contributed by atoms with van der Waals surface area (Å²) in [5, 5.41) is 10.8. The van der Waals surface area contributed by atoms with Crippen LogP contribution in [0.15, 0.2) is 61.3 Å². The third-order valence-corrected chi connectivity index (χ3v) is 5.70. The Hall–Kier alpha value is -4.67. The van der Waals surface area contributed by atoms with Crippen LogP contribution in [-0.4, -0.2) is 47.5 Å². The van der Waals surface area contributed by atoms with Gasteiger partial charge in [0.1, 0.15) is 30.6 Å². The van der Waals surface area contributed by atoms with Gasteiger partial charge in [-0.25, -0.2) is 28.6 Å². The Morgan fingerprint density at radius 1 is 1.15 bits per heavy atom. The molecule has 1 saturated heterocycles. The molecule has 1 unspecified atom stereocenters. The number of hydrogen-bond acceptors (Lipinski definition) is 7. The molecule has 1 fully saturated rings. The van der Waals surface area contributed by atoms with Gasteiger partial charge in [0.15, 0.2) is 11.5 Å². The largest absolute Gasteiger partial charge is 0.446 e. The molecule has 0 saturated carbocycles. The molecular weight excluding hydrogens is 439 g/mol. The summed E-state index contributed by atoms with van der Waals surface area (Å²) >= 11 is 0. The Morgan fingerprint density at radius 3 is 2.85 bits per heavy atom. The van der Waals surface area contributed by atoms with E-state index < -0.39 is 18.0 Å². The fourth-order valence-electron chi connectivity index (χ4n) is 4.04. The molecule has 6 rings (SSSR count). The van der Waals surface area contributed by atoms with Crippen molar-refractivity contribution in [2.45, 2.75) is 13.0 Å². The van der Waals surface area contributed by atoms with Crippen molar-refractivity contribution in [3.63, 3.8) is 0 Å². The number of rotatable bonds is 4. The molecule has 5 aromatic rings. The molecule has 0 aliphatic carbocycles. The van der Waals surface area contributed by atoms with E-state index in [-0.39, 0.29) is 6.61 Å². The molecule has 1 N–H and O–H groups in total. The highest BCUT2D eigenvalue weighted by Gasteiger charge is 2.37. The number of cyclic esters (lactones) is 1. The van der Waals surface area contributed by atoms with Crippen LogP contribution in [0.4, 0.5) is 15.0 Å². The predicted octanol–water partition coefficient (Wildman–Crippen LogP) is 3.72. The van der Waals surface area contributed by atoms with E-state index in [9.17, 15) is 9.18 Å². The van der Waals surface area contributed by atoms with E-state index in [1.54, 1.807) is 41.3 Å². The summed E-state index contributed by atoms with van der Waals surface area (Å²) < 4.78 is 21.7. The van der Waals surface area contributed by atoms with E-state index >= 15 is 0 Å². The highest BCUT2D eigenvalue weighted by molar-refractivity contribution is 5.90. The van der Waals surface area contributed by atoms with E-state index in [4.69, 9.17) is 9.72 Å². The summed E-state index contributed by atoms with van der Waals surface area (Å²) in [5.41, 5.74) is 3.72. The maximum Gasteiger partial charge on any atom is 0.416 e. The number of nitrogens with one attached hydrogen (secondary N) is 1. The molecule has 11 heteroatoms.